The van der Waals surface area contributed by atoms with Gasteiger partial charge in [0.05, 0.1) is 12.2 Å². The summed E-state index contributed by atoms with van der Waals surface area (Å²) in [7, 11) is 0. The second kappa shape index (κ2) is 12.5. The average molecular weight is 341 g/mol. The molecule has 0 saturated carbocycles. The van der Waals surface area contributed by atoms with E-state index in [1.807, 2.05) is 34.6 Å². The molecule has 3 nitrogen and oxygen atoms in total. The van der Waals surface area contributed by atoms with Crippen molar-refractivity contribution in [3.05, 3.63) is 12.2 Å². The number of hydrogen-bond acceptors (Lipinski definition) is 3. The Kier molecular flexibility index (Phi) is 12.1. The van der Waals surface area contributed by atoms with E-state index in [2.05, 4.69) is 19.1 Å². The van der Waals surface area contributed by atoms with E-state index in [0.717, 1.165) is 25.7 Å². The molecule has 0 aliphatic rings. The van der Waals surface area contributed by atoms with Gasteiger partial charge in [0.25, 0.3) is 0 Å². The van der Waals surface area contributed by atoms with Crippen LogP contribution in [0, 0.1) is 0 Å². The summed E-state index contributed by atoms with van der Waals surface area (Å²) in [6, 6.07) is 0. The minimum absolute atomic E-state index is 0.0818. The molecule has 0 N–H and O–H groups in total. The lowest BCUT2D eigenvalue weighted by Gasteiger charge is -2.27. The Bertz CT molecular complexity index is 351. The van der Waals surface area contributed by atoms with E-state index in [0.29, 0.717) is 13.0 Å². The van der Waals surface area contributed by atoms with E-state index in [-0.39, 0.29) is 11.6 Å². The molecule has 0 amide bonds. The Morgan fingerprint density at radius 1 is 0.917 bits per heavy atom. The Labute approximate surface area is 150 Å². The van der Waals surface area contributed by atoms with Gasteiger partial charge in [0.2, 0.25) is 0 Å². The number of rotatable bonds is 13. The third kappa shape index (κ3) is 16.0. The van der Waals surface area contributed by atoms with Crippen molar-refractivity contribution >= 4 is 5.97 Å². The van der Waals surface area contributed by atoms with E-state index >= 15 is 0 Å². The Hall–Kier alpha value is -0.830. The van der Waals surface area contributed by atoms with Crippen LogP contribution in [0.15, 0.2) is 12.2 Å². The first-order valence-electron chi connectivity index (χ1n) is 9.67. The van der Waals surface area contributed by atoms with Crippen LogP contribution in [0.3, 0.4) is 0 Å². The topological polar surface area (TPSA) is 35.5 Å². The third-order valence-electron chi connectivity index (χ3n) is 3.78. The standard InChI is InChI=1S/C21H40O3/c1-7-8-9-10-11-12-13-14-15-16-19(22)24-21(5,6)17-18-23-20(2,3)4/h8-9H,7,10-18H2,1-6H3/b9-8+. The van der Waals surface area contributed by atoms with Crippen LogP contribution in [0.5, 0.6) is 0 Å². The maximum Gasteiger partial charge on any atom is 0.306 e. The van der Waals surface area contributed by atoms with Gasteiger partial charge in [-0.05, 0) is 60.3 Å². The first kappa shape index (κ1) is 23.2. The van der Waals surface area contributed by atoms with Crippen molar-refractivity contribution in [3.63, 3.8) is 0 Å². The molecule has 0 aromatic heterocycles. The van der Waals surface area contributed by atoms with Crippen molar-refractivity contribution in [2.45, 2.75) is 111 Å². The van der Waals surface area contributed by atoms with Gasteiger partial charge in [-0.15, -0.1) is 0 Å². The van der Waals surface area contributed by atoms with Gasteiger partial charge >= 0.3 is 5.97 Å². The quantitative estimate of drug-likeness (QED) is 0.227. The van der Waals surface area contributed by atoms with Crippen LogP contribution in [0.2, 0.25) is 0 Å². The van der Waals surface area contributed by atoms with Crippen LogP contribution in [-0.4, -0.2) is 23.8 Å². The highest BCUT2D eigenvalue weighted by molar-refractivity contribution is 5.69. The molecule has 0 atom stereocenters. The normalized spacial score (nSPS) is 12.8. The molecule has 0 aliphatic carbocycles. The highest BCUT2D eigenvalue weighted by atomic mass is 16.6. The van der Waals surface area contributed by atoms with E-state index in [4.69, 9.17) is 9.47 Å². The van der Waals surface area contributed by atoms with Crippen molar-refractivity contribution < 1.29 is 14.3 Å². The fourth-order valence-electron chi connectivity index (χ4n) is 2.36. The monoisotopic (exact) mass is 340 g/mol. The van der Waals surface area contributed by atoms with Crippen LogP contribution in [-0.2, 0) is 14.3 Å². The molecule has 0 unspecified atom stereocenters. The number of carbonyl (C=O) groups excluding carboxylic acids is 1. The summed E-state index contributed by atoms with van der Waals surface area (Å²) in [6.45, 7) is 12.8. The molecular formula is C21H40O3. The first-order valence-corrected chi connectivity index (χ1v) is 9.67. The van der Waals surface area contributed by atoms with E-state index in [1.165, 1.54) is 25.7 Å². The van der Waals surface area contributed by atoms with Gasteiger partial charge in [0, 0.05) is 12.8 Å². The molecule has 0 rings (SSSR count). The second-order valence-corrected chi connectivity index (χ2v) is 8.13. The fourth-order valence-corrected chi connectivity index (χ4v) is 2.36. The number of carbonyl (C=O) groups is 1. The number of unbranched alkanes of at least 4 members (excludes halogenated alkanes) is 5. The number of ether oxygens (including phenoxy) is 2. The van der Waals surface area contributed by atoms with Gasteiger partial charge < -0.3 is 9.47 Å². The lowest BCUT2D eigenvalue weighted by atomic mass is 10.1. The molecule has 0 saturated heterocycles. The van der Waals surface area contributed by atoms with Crippen LogP contribution in [0.25, 0.3) is 0 Å². The van der Waals surface area contributed by atoms with Crippen molar-refractivity contribution in [1.29, 1.82) is 0 Å². The highest BCUT2D eigenvalue weighted by Gasteiger charge is 2.23. The van der Waals surface area contributed by atoms with Gasteiger partial charge in [0.15, 0.2) is 0 Å². The Morgan fingerprint density at radius 3 is 2.17 bits per heavy atom. The average Bonchev–Trinajstić information content (AvgIpc) is 2.43. The third-order valence-corrected chi connectivity index (χ3v) is 3.78. The largest absolute Gasteiger partial charge is 0.460 e. The van der Waals surface area contributed by atoms with Gasteiger partial charge in [-0.3, -0.25) is 4.79 Å². The molecule has 0 fully saturated rings. The minimum atomic E-state index is -0.450. The number of allylic oxidation sites excluding steroid dienone is 2. The highest BCUT2D eigenvalue weighted by Crippen LogP contribution is 2.19. The Morgan fingerprint density at radius 2 is 1.54 bits per heavy atom. The summed E-state index contributed by atoms with van der Waals surface area (Å²) in [6.07, 6.45) is 13.8. The molecule has 0 aliphatic heterocycles. The summed E-state index contributed by atoms with van der Waals surface area (Å²) >= 11 is 0. The van der Waals surface area contributed by atoms with Gasteiger partial charge in [-0.25, -0.2) is 0 Å². The van der Waals surface area contributed by atoms with Crippen LogP contribution >= 0.6 is 0 Å². The van der Waals surface area contributed by atoms with E-state index < -0.39 is 5.60 Å². The van der Waals surface area contributed by atoms with Crippen molar-refractivity contribution in [2.24, 2.45) is 0 Å². The smallest absolute Gasteiger partial charge is 0.306 e. The summed E-state index contributed by atoms with van der Waals surface area (Å²) in [5, 5.41) is 0. The number of hydrogen-bond donors (Lipinski definition) is 0. The summed E-state index contributed by atoms with van der Waals surface area (Å²) in [5.74, 6) is -0.0818. The van der Waals surface area contributed by atoms with Gasteiger partial charge in [-0.1, -0.05) is 38.3 Å². The molecule has 3 heteroatoms. The molecule has 0 heterocycles. The molecule has 0 spiro atoms. The van der Waals surface area contributed by atoms with Crippen molar-refractivity contribution in [2.75, 3.05) is 6.61 Å². The molecule has 0 aromatic carbocycles. The van der Waals surface area contributed by atoms with Gasteiger partial charge in [0.1, 0.15) is 5.60 Å². The number of esters is 1. The summed E-state index contributed by atoms with van der Waals surface area (Å²) in [4.78, 5) is 12.0. The maximum absolute atomic E-state index is 12.0. The van der Waals surface area contributed by atoms with Crippen LogP contribution in [0.1, 0.15) is 99.3 Å². The SMILES string of the molecule is CC/C=C/CCCCCCCC(=O)OC(C)(C)CCOC(C)(C)C. The molecule has 0 bridgehead atoms. The summed E-state index contributed by atoms with van der Waals surface area (Å²) in [5.41, 5.74) is -0.597. The predicted molar refractivity (Wildman–Crippen MR) is 102 cm³/mol. The molecule has 24 heavy (non-hydrogen) atoms. The molecular weight excluding hydrogens is 300 g/mol. The van der Waals surface area contributed by atoms with E-state index in [1.54, 1.807) is 0 Å². The second-order valence-electron chi connectivity index (χ2n) is 8.13. The van der Waals surface area contributed by atoms with E-state index in [9.17, 15) is 4.79 Å². The first-order chi connectivity index (χ1) is 11.2. The fraction of sp³-hybridized carbons (Fsp3) is 0.857. The zero-order valence-corrected chi connectivity index (χ0v) is 17.0. The molecule has 0 radical (unpaired) electrons. The lowest BCUT2D eigenvalue weighted by molar-refractivity contribution is -0.159. The minimum Gasteiger partial charge on any atom is -0.460 e. The zero-order valence-electron chi connectivity index (χ0n) is 17.0. The van der Waals surface area contributed by atoms with Crippen LogP contribution in [0.4, 0.5) is 0 Å². The molecule has 0 aromatic rings. The van der Waals surface area contributed by atoms with Crippen LogP contribution < -0.4 is 0 Å². The zero-order chi connectivity index (χ0) is 18.5. The van der Waals surface area contributed by atoms with Crippen molar-refractivity contribution in [3.8, 4) is 0 Å². The van der Waals surface area contributed by atoms with Gasteiger partial charge in [-0.2, -0.15) is 0 Å². The molecule has 142 valence electrons. The van der Waals surface area contributed by atoms with Crippen molar-refractivity contribution in [1.82, 2.24) is 0 Å². The lowest BCUT2D eigenvalue weighted by Crippen LogP contribution is -2.31. The maximum atomic E-state index is 12.0. The predicted octanol–water partition coefficient (Wildman–Crippen LogP) is 6.21. The summed E-state index contributed by atoms with van der Waals surface area (Å²) < 4.78 is 11.3. The Balaban J connectivity index is 3.68.